The highest BCUT2D eigenvalue weighted by atomic mass is 32.2. The van der Waals surface area contributed by atoms with Crippen molar-refractivity contribution in [3.8, 4) is 16.9 Å². The van der Waals surface area contributed by atoms with Gasteiger partial charge in [0.1, 0.15) is 0 Å². The second-order valence-electron chi connectivity index (χ2n) is 7.91. The van der Waals surface area contributed by atoms with Gasteiger partial charge in [0, 0.05) is 43.4 Å². The predicted octanol–water partition coefficient (Wildman–Crippen LogP) is 3.75. The van der Waals surface area contributed by atoms with Crippen LogP contribution in [0.2, 0.25) is 0 Å². The van der Waals surface area contributed by atoms with Crippen molar-refractivity contribution in [1.29, 1.82) is 0 Å². The molecule has 0 saturated carbocycles. The lowest BCUT2D eigenvalue weighted by atomic mass is 10.1. The van der Waals surface area contributed by atoms with Gasteiger partial charge in [0.15, 0.2) is 0 Å². The first kappa shape index (κ1) is 21.7. The highest BCUT2D eigenvalue weighted by Gasteiger charge is 2.19. The van der Waals surface area contributed by atoms with Crippen molar-refractivity contribution in [2.24, 2.45) is 0 Å². The molecule has 0 saturated heterocycles. The van der Waals surface area contributed by atoms with Gasteiger partial charge in [-0.3, -0.25) is 4.31 Å². The Morgan fingerprint density at radius 3 is 2.41 bits per heavy atom. The molecule has 0 aliphatic rings. The zero-order valence-electron chi connectivity index (χ0n) is 18.9. The summed E-state index contributed by atoms with van der Waals surface area (Å²) in [5.74, 6) is 0.509. The van der Waals surface area contributed by atoms with Gasteiger partial charge >= 0.3 is 0 Å². The second-order valence-corrected chi connectivity index (χ2v) is 9.92. The summed E-state index contributed by atoms with van der Waals surface area (Å²) in [7, 11) is 0.0291. The molecule has 0 aliphatic heterocycles. The fourth-order valence-corrected chi connectivity index (χ4v) is 4.29. The van der Waals surface area contributed by atoms with Gasteiger partial charge < -0.3 is 9.47 Å². The summed E-state index contributed by atoms with van der Waals surface area (Å²) in [5.41, 5.74) is 4.84. The fraction of sp³-hybridized carbons (Fsp3) is 0.125. The quantitative estimate of drug-likeness (QED) is 0.373. The third-order valence-electron chi connectivity index (χ3n) is 5.74. The summed E-state index contributed by atoms with van der Waals surface area (Å²) < 4.78 is 29.4. The fourth-order valence-electron chi connectivity index (χ4n) is 3.77. The van der Waals surface area contributed by atoms with E-state index in [4.69, 9.17) is 5.10 Å². The molecule has 0 fully saturated rings. The molecule has 5 aromatic rings. The lowest BCUT2D eigenvalue weighted by molar-refractivity contribution is 0.600. The van der Waals surface area contributed by atoms with Crippen LogP contribution >= 0.6 is 0 Å². The zero-order chi connectivity index (χ0) is 23.9. The summed E-state index contributed by atoms with van der Waals surface area (Å²) >= 11 is 0. The van der Waals surface area contributed by atoms with Gasteiger partial charge in [0.2, 0.25) is 16.0 Å². The van der Waals surface area contributed by atoms with Crippen LogP contribution in [-0.2, 0) is 10.0 Å². The van der Waals surface area contributed by atoms with E-state index >= 15 is 0 Å². The molecule has 5 rings (SSSR count). The summed E-state index contributed by atoms with van der Waals surface area (Å²) in [6.07, 6.45) is 8.33. The Labute approximate surface area is 197 Å². The van der Waals surface area contributed by atoms with Crippen molar-refractivity contribution >= 4 is 32.9 Å². The van der Waals surface area contributed by atoms with Gasteiger partial charge in [-0.05, 0) is 42.5 Å². The summed E-state index contributed by atoms with van der Waals surface area (Å²) in [6.45, 7) is 0. The van der Waals surface area contributed by atoms with E-state index in [2.05, 4.69) is 9.97 Å². The number of benzene rings is 2. The highest BCUT2D eigenvalue weighted by Crippen LogP contribution is 2.32. The number of anilines is 3. The van der Waals surface area contributed by atoms with Crippen LogP contribution in [0.25, 0.3) is 22.5 Å². The number of fused-ring (bicyclic) bond motifs is 1. The van der Waals surface area contributed by atoms with Crippen LogP contribution in [0.1, 0.15) is 0 Å². The number of sulfonamides is 1. The number of rotatable bonds is 6. The first-order valence-corrected chi connectivity index (χ1v) is 12.4. The SMILES string of the molecule is CN(c1ccc(-n2ccnc2)cc1)c1ncc2ccc(-c3ccccc3N(C)S(C)(=O)=O)n2n1. The third-order valence-corrected chi connectivity index (χ3v) is 6.93. The molecule has 34 heavy (non-hydrogen) atoms. The average molecular weight is 474 g/mol. The molecular formula is C24H23N7O2S. The van der Waals surface area contributed by atoms with Gasteiger partial charge in [-0.15, -0.1) is 5.10 Å². The maximum Gasteiger partial charge on any atom is 0.247 e. The molecule has 0 atom stereocenters. The number of para-hydroxylation sites is 1. The molecule has 10 heteroatoms. The van der Waals surface area contributed by atoms with Crippen molar-refractivity contribution in [3.63, 3.8) is 0 Å². The minimum absolute atomic E-state index is 0.509. The van der Waals surface area contributed by atoms with Crippen LogP contribution in [0.4, 0.5) is 17.3 Å². The Balaban J connectivity index is 1.54. The van der Waals surface area contributed by atoms with Crippen LogP contribution < -0.4 is 9.21 Å². The maximum absolute atomic E-state index is 12.2. The summed E-state index contributed by atoms with van der Waals surface area (Å²) in [5, 5.41) is 4.77. The Hall–Kier alpha value is -4.18. The molecule has 0 bridgehead atoms. The van der Waals surface area contributed by atoms with Crippen LogP contribution in [0.15, 0.2) is 85.6 Å². The largest absolute Gasteiger partial charge is 0.312 e. The summed E-state index contributed by atoms with van der Waals surface area (Å²) in [6, 6.07) is 19.2. The van der Waals surface area contributed by atoms with Crippen molar-refractivity contribution in [2.45, 2.75) is 0 Å². The molecule has 172 valence electrons. The Kier molecular flexibility index (Phi) is 5.29. The molecule has 0 spiro atoms. The van der Waals surface area contributed by atoms with Crippen LogP contribution in [0.5, 0.6) is 0 Å². The standard InChI is InChI=1S/C24H23N7O2S/c1-28(18-8-10-19(11-9-18)30-15-14-25-17-30)24-26-16-20-12-13-23(31(20)27-24)21-6-4-5-7-22(21)29(2)34(3,32)33/h4-17H,1-3H3. The van der Waals surface area contributed by atoms with Crippen molar-refractivity contribution < 1.29 is 8.42 Å². The lowest BCUT2D eigenvalue weighted by Gasteiger charge is -2.20. The molecule has 0 radical (unpaired) electrons. The number of hydrogen-bond donors (Lipinski definition) is 0. The molecular weight excluding hydrogens is 450 g/mol. The van der Waals surface area contributed by atoms with Crippen molar-refractivity contribution in [1.82, 2.24) is 24.1 Å². The molecule has 0 N–H and O–H groups in total. The number of imidazole rings is 1. The summed E-state index contributed by atoms with van der Waals surface area (Å²) in [4.78, 5) is 10.5. The number of nitrogens with zero attached hydrogens (tertiary/aromatic N) is 7. The Morgan fingerprint density at radius 2 is 1.71 bits per heavy atom. The molecule has 0 unspecified atom stereocenters. The van der Waals surface area contributed by atoms with E-state index in [1.54, 1.807) is 36.4 Å². The number of hydrogen-bond acceptors (Lipinski definition) is 6. The van der Waals surface area contributed by atoms with E-state index < -0.39 is 10.0 Å². The molecule has 2 aromatic carbocycles. The second kappa shape index (κ2) is 8.31. The molecule has 3 heterocycles. The molecule has 0 aliphatic carbocycles. The Morgan fingerprint density at radius 1 is 0.941 bits per heavy atom. The minimum Gasteiger partial charge on any atom is -0.312 e. The van der Waals surface area contributed by atoms with Crippen molar-refractivity contribution in [2.75, 3.05) is 29.6 Å². The lowest BCUT2D eigenvalue weighted by Crippen LogP contribution is -2.25. The predicted molar refractivity (Wildman–Crippen MR) is 133 cm³/mol. The minimum atomic E-state index is -3.42. The monoisotopic (exact) mass is 473 g/mol. The van der Waals surface area contributed by atoms with E-state index in [1.165, 1.54) is 10.6 Å². The third kappa shape index (κ3) is 3.88. The van der Waals surface area contributed by atoms with Gasteiger partial charge in [0.05, 0.1) is 35.7 Å². The topological polar surface area (TPSA) is 88.6 Å². The molecule has 9 nitrogen and oxygen atoms in total. The van der Waals surface area contributed by atoms with E-state index in [1.807, 2.05) is 77.3 Å². The normalized spacial score (nSPS) is 11.6. The maximum atomic E-state index is 12.2. The smallest absolute Gasteiger partial charge is 0.247 e. The van der Waals surface area contributed by atoms with Crippen LogP contribution in [0.3, 0.4) is 0 Å². The highest BCUT2D eigenvalue weighted by molar-refractivity contribution is 7.92. The first-order chi connectivity index (χ1) is 16.3. The van der Waals surface area contributed by atoms with E-state index in [0.29, 0.717) is 11.6 Å². The van der Waals surface area contributed by atoms with Gasteiger partial charge in [0.25, 0.3) is 0 Å². The van der Waals surface area contributed by atoms with E-state index in [0.717, 1.165) is 28.1 Å². The molecule has 0 amide bonds. The van der Waals surface area contributed by atoms with Crippen LogP contribution in [-0.4, -0.2) is 52.9 Å². The van der Waals surface area contributed by atoms with E-state index in [9.17, 15) is 8.42 Å². The average Bonchev–Trinajstić information content (AvgIpc) is 3.53. The molecule has 3 aromatic heterocycles. The zero-order valence-corrected chi connectivity index (χ0v) is 19.8. The first-order valence-electron chi connectivity index (χ1n) is 10.5. The van der Waals surface area contributed by atoms with Gasteiger partial charge in [-0.25, -0.2) is 22.9 Å². The number of aromatic nitrogens is 5. The van der Waals surface area contributed by atoms with E-state index in [-0.39, 0.29) is 0 Å². The Bertz CT molecular complexity index is 1560. The van der Waals surface area contributed by atoms with Crippen LogP contribution in [0, 0.1) is 0 Å². The van der Waals surface area contributed by atoms with Gasteiger partial charge in [-0.1, -0.05) is 18.2 Å². The van der Waals surface area contributed by atoms with Crippen molar-refractivity contribution in [3.05, 3.63) is 85.6 Å². The van der Waals surface area contributed by atoms with Gasteiger partial charge in [-0.2, -0.15) is 0 Å².